The van der Waals surface area contributed by atoms with Crippen molar-refractivity contribution in [3.63, 3.8) is 0 Å². The molecule has 106 valence electrons. The highest BCUT2D eigenvalue weighted by molar-refractivity contribution is 6.33. The van der Waals surface area contributed by atoms with E-state index in [0.29, 0.717) is 6.54 Å². The van der Waals surface area contributed by atoms with Crippen molar-refractivity contribution >= 4 is 23.0 Å². The summed E-state index contributed by atoms with van der Waals surface area (Å²) < 4.78 is 26.5. The summed E-state index contributed by atoms with van der Waals surface area (Å²) in [6, 6.07) is 9.72. The number of halogens is 3. The molecule has 0 unspecified atom stereocenters. The van der Waals surface area contributed by atoms with Crippen LogP contribution in [0.3, 0.4) is 0 Å². The molecule has 0 fully saturated rings. The van der Waals surface area contributed by atoms with Crippen molar-refractivity contribution in [2.45, 2.75) is 6.54 Å². The minimum Gasteiger partial charge on any atom is -0.378 e. The van der Waals surface area contributed by atoms with Crippen molar-refractivity contribution in [3.8, 4) is 0 Å². The van der Waals surface area contributed by atoms with E-state index in [2.05, 4.69) is 5.32 Å². The second-order valence-corrected chi connectivity index (χ2v) is 5.07. The summed E-state index contributed by atoms with van der Waals surface area (Å²) in [7, 11) is 3.92. The molecule has 2 aromatic carbocycles. The SMILES string of the molecule is CN(C)c1ccc(CNc2c(F)cc(F)cc2Cl)cc1. The quantitative estimate of drug-likeness (QED) is 0.905. The van der Waals surface area contributed by atoms with E-state index in [-0.39, 0.29) is 10.7 Å². The molecule has 0 spiro atoms. The third kappa shape index (κ3) is 3.39. The van der Waals surface area contributed by atoms with Crippen LogP contribution in [0.1, 0.15) is 5.56 Å². The van der Waals surface area contributed by atoms with Crippen LogP contribution >= 0.6 is 11.6 Å². The molecule has 20 heavy (non-hydrogen) atoms. The van der Waals surface area contributed by atoms with Crippen LogP contribution in [0.2, 0.25) is 5.02 Å². The fraction of sp³-hybridized carbons (Fsp3) is 0.200. The van der Waals surface area contributed by atoms with Crippen molar-refractivity contribution in [2.75, 3.05) is 24.3 Å². The molecule has 1 N–H and O–H groups in total. The minimum absolute atomic E-state index is 0.0346. The molecule has 2 aromatic rings. The van der Waals surface area contributed by atoms with E-state index in [0.717, 1.165) is 23.4 Å². The molecule has 0 saturated heterocycles. The van der Waals surface area contributed by atoms with Gasteiger partial charge >= 0.3 is 0 Å². The van der Waals surface area contributed by atoms with Gasteiger partial charge in [0.1, 0.15) is 5.82 Å². The van der Waals surface area contributed by atoms with Gasteiger partial charge in [0, 0.05) is 32.4 Å². The maximum absolute atomic E-state index is 13.6. The third-order valence-electron chi connectivity index (χ3n) is 2.93. The Morgan fingerprint density at radius 2 is 1.75 bits per heavy atom. The predicted molar refractivity (Wildman–Crippen MR) is 79.5 cm³/mol. The van der Waals surface area contributed by atoms with Gasteiger partial charge in [-0.25, -0.2) is 8.78 Å². The lowest BCUT2D eigenvalue weighted by molar-refractivity contribution is 0.585. The van der Waals surface area contributed by atoms with E-state index < -0.39 is 11.6 Å². The van der Waals surface area contributed by atoms with Gasteiger partial charge in [-0.05, 0) is 23.8 Å². The smallest absolute Gasteiger partial charge is 0.150 e. The van der Waals surface area contributed by atoms with Crippen molar-refractivity contribution in [2.24, 2.45) is 0 Å². The maximum atomic E-state index is 13.6. The summed E-state index contributed by atoms with van der Waals surface area (Å²) in [4.78, 5) is 1.99. The molecule has 0 aliphatic rings. The average Bonchev–Trinajstić information content (AvgIpc) is 2.38. The normalized spacial score (nSPS) is 10.4. The van der Waals surface area contributed by atoms with E-state index in [1.54, 1.807) is 0 Å². The van der Waals surface area contributed by atoms with Crippen LogP contribution in [0.25, 0.3) is 0 Å². The third-order valence-corrected chi connectivity index (χ3v) is 3.23. The van der Waals surface area contributed by atoms with Crippen LogP contribution < -0.4 is 10.2 Å². The van der Waals surface area contributed by atoms with Crippen LogP contribution in [0, 0.1) is 11.6 Å². The zero-order valence-electron chi connectivity index (χ0n) is 11.3. The summed E-state index contributed by atoms with van der Waals surface area (Å²) >= 11 is 5.82. The monoisotopic (exact) mass is 296 g/mol. The van der Waals surface area contributed by atoms with Gasteiger partial charge in [-0.15, -0.1) is 0 Å². The standard InChI is InChI=1S/C15H15ClF2N2/c1-20(2)12-5-3-10(4-6-12)9-19-15-13(16)7-11(17)8-14(15)18/h3-8,19H,9H2,1-2H3. The molecule has 0 heterocycles. The number of nitrogens with zero attached hydrogens (tertiary/aromatic N) is 1. The van der Waals surface area contributed by atoms with E-state index in [1.165, 1.54) is 0 Å². The second kappa shape index (κ2) is 6.09. The zero-order chi connectivity index (χ0) is 14.7. The zero-order valence-corrected chi connectivity index (χ0v) is 12.0. The lowest BCUT2D eigenvalue weighted by atomic mass is 10.2. The van der Waals surface area contributed by atoms with E-state index in [1.807, 2.05) is 43.3 Å². The molecule has 5 heteroatoms. The van der Waals surface area contributed by atoms with Crippen molar-refractivity contribution in [1.29, 1.82) is 0 Å². The number of hydrogen-bond acceptors (Lipinski definition) is 2. The van der Waals surface area contributed by atoms with Crippen molar-refractivity contribution in [3.05, 3.63) is 58.6 Å². The van der Waals surface area contributed by atoms with E-state index >= 15 is 0 Å². The highest BCUT2D eigenvalue weighted by Crippen LogP contribution is 2.27. The predicted octanol–water partition coefficient (Wildman–Crippen LogP) is 4.30. The summed E-state index contributed by atoms with van der Waals surface area (Å²) in [5, 5.41) is 2.92. The molecule has 0 atom stereocenters. The Morgan fingerprint density at radius 1 is 1.10 bits per heavy atom. The topological polar surface area (TPSA) is 15.3 Å². The van der Waals surface area contributed by atoms with Crippen LogP contribution in [0.5, 0.6) is 0 Å². The Kier molecular flexibility index (Phi) is 4.45. The average molecular weight is 297 g/mol. The van der Waals surface area contributed by atoms with Crippen molar-refractivity contribution in [1.82, 2.24) is 0 Å². The van der Waals surface area contributed by atoms with Crippen LogP contribution in [-0.2, 0) is 6.54 Å². The molecule has 0 radical (unpaired) electrons. The van der Waals surface area contributed by atoms with Crippen LogP contribution in [0.15, 0.2) is 36.4 Å². The van der Waals surface area contributed by atoms with Gasteiger partial charge < -0.3 is 10.2 Å². The Bertz CT molecular complexity index is 574. The van der Waals surface area contributed by atoms with Gasteiger partial charge in [0.25, 0.3) is 0 Å². The lowest BCUT2D eigenvalue weighted by Crippen LogP contribution is -2.08. The first kappa shape index (κ1) is 14.6. The van der Waals surface area contributed by atoms with E-state index in [9.17, 15) is 8.78 Å². The maximum Gasteiger partial charge on any atom is 0.150 e. The highest BCUT2D eigenvalue weighted by Gasteiger charge is 2.09. The summed E-state index contributed by atoms with van der Waals surface area (Å²) in [6.45, 7) is 0.413. The second-order valence-electron chi connectivity index (χ2n) is 4.66. The first-order chi connectivity index (χ1) is 9.47. The molecule has 2 rings (SSSR count). The Morgan fingerprint density at radius 3 is 2.30 bits per heavy atom. The Labute approximate surface area is 122 Å². The number of nitrogens with one attached hydrogen (secondary N) is 1. The largest absolute Gasteiger partial charge is 0.378 e. The number of anilines is 2. The van der Waals surface area contributed by atoms with Gasteiger partial charge in [-0.2, -0.15) is 0 Å². The molecule has 0 aliphatic heterocycles. The first-order valence-corrected chi connectivity index (χ1v) is 6.50. The minimum atomic E-state index is -0.695. The highest BCUT2D eigenvalue weighted by atomic mass is 35.5. The van der Waals surface area contributed by atoms with Crippen LogP contribution in [-0.4, -0.2) is 14.1 Å². The van der Waals surface area contributed by atoms with Gasteiger partial charge in [0.2, 0.25) is 0 Å². The Balaban J connectivity index is 2.09. The molecular weight excluding hydrogens is 282 g/mol. The van der Waals surface area contributed by atoms with E-state index in [4.69, 9.17) is 11.6 Å². The molecule has 0 aromatic heterocycles. The fourth-order valence-electron chi connectivity index (χ4n) is 1.81. The molecule has 0 bridgehead atoms. The Hall–Kier alpha value is -1.81. The molecular formula is C15H15ClF2N2. The first-order valence-electron chi connectivity index (χ1n) is 6.12. The van der Waals surface area contributed by atoms with Gasteiger partial charge in [-0.1, -0.05) is 23.7 Å². The van der Waals surface area contributed by atoms with Gasteiger partial charge in [0.15, 0.2) is 5.82 Å². The van der Waals surface area contributed by atoms with Crippen molar-refractivity contribution < 1.29 is 8.78 Å². The summed E-state index contributed by atoms with van der Waals surface area (Å²) in [5.41, 5.74) is 2.18. The molecule has 0 aliphatic carbocycles. The molecule has 2 nitrogen and oxygen atoms in total. The number of rotatable bonds is 4. The van der Waals surface area contributed by atoms with Gasteiger partial charge in [0.05, 0.1) is 10.7 Å². The van der Waals surface area contributed by atoms with Crippen LogP contribution in [0.4, 0.5) is 20.2 Å². The number of benzene rings is 2. The summed E-state index contributed by atoms with van der Waals surface area (Å²) in [6.07, 6.45) is 0. The molecule has 0 saturated carbocycles. The lowest BCUT2D eigenvalue weighted by Gasteiger charge is -2.13. The fourth-order valence-corrected chi connectivity index (χ4v) is 2.07. The number of hydrogen-bond donors (Lipinski definition) is 1. The molecule has 0 amide bonds. The summed E-state index contributed by atoms with van der Waals surface area (Å²) in [5.74, 6) is -1.38. The van der Waals surface area contributed by atoms with Gasteiger partial charge in [-0.3, -0.25) is 0 Å².